The van der Waals surface area contributed by atoms with E-state index in [-0.39, 0.29) is 5.69 Å². The van der Waals surface area contributed by atoms with Crippen molar-refractivity contribution >= 4 is 17.6 Å². The minimum Gasteiger partial charge on any atom is -0.370 e. The van der Waals surface area contributed by atoms with E-state index in [1.165, 1.54) is 16.8 Å². The number of benzene rings is 1. The van der Waals surface area contributed by atoms with Crippen LogP contribution < -0.4 is 5.32 Å². The molecule has 1 aromatic heterocycles. The van der Waals surface area contributed by atoms with Crippen LogP contribution in [0.4, 0.5) is 19.0 Å². The standard InChI is InChI=1S/C16H18F3N3S/c1-23-10-13-11-6-4-5-9-20-15(11)22(21-13)14-8-3-2-7-12(14)16(17,18)19/h2-3,7-8,20H,4-6,9-10H2,1H3. The average Bonchev–Trinajstić information content (AvgIpc) is 2.70. The summed E-state index contributed by atoms with van der Waals surface area (Å²) in [6, 6.07) is 5.61. The molecule has 2 aromatic rings. The van der Waals surface area contributed by atoms with E-state index in [0.29, 0.717) is 11.6 Å². The fraction of sp³-hybridized carbons (Fsp3) is 0.438. The third-order valence-electron chi connectivity index (χ3n) is 3.93. The molecule has 124 valence electrons. The van der Waals surface area contributed by atoms with Crippen molar-refractivity contribution in [3.05, 3.63) is 41.1 Å². The van der Waals surface area contributed by atoms with Gasteiger partial charge in [0.05, 0.1) is 16.9 Å². The molecule has 0 spiro atoms. The quantitative estimate of drug-likeness (QED) is 0.891. The summed E-state index contributed by atoms with van der Waals surface area (Å²) in [6.07, 6.45) is 0.452. The smallest absolute Gasteiger partial charge is 0.370 e. The number of rotatable bonds is 3. The van der Waals surface area contributed by atoms with E-state index in [1.807, 2.05) is 6.26 Å². The number of thioether (sulfide) groups is 1. The molecule has 1 aliphatic rings. The normalized spacial score (nSPS) is 15.0. The number of anilines is 1. The number of halogens is 3. The van der Waals surface area contributed by atoms with E-state index in [0.717, 1.165) is 43.1 Å². The highest BCUT2D eigenvalue weighted by molar-refractivity contribution is 7.97. The molecule has 0 saturated carbocycles. The van der Waals surface area contributed by atoms with Crippen molar-refractivity contribution in [1.29, 1.82) is 0 Å². The Labute approximate surface area is 137 Å². The number of hydrogen-bond donors (Lipinski definition) is 1. The predicted octanol–water partition coefficient (Wildman–Crippen LogP) is 4.50. The van der Waals surface area contributed by atoms with Gasteiger partial charge in [0.1, 0.15) is 5.82 Å². The first kappa shape index (κ1) is 16.2. The molecule has 2 heterocycles. The SMILES string of the molecule is CSCc1nn(-c2ccccc2C(F)(F)F)c2c1CCCCN2. The molecule has 3 rings (SSSR count). The molecule has 1 aliphatic heterocycles. The van der Waals surface area contributed by atoms with Crippen LogP contribution in [-0.4, -0.2) is 22.6 Å². The number of aromatic nitrogens is 2. The number of alkyl halides is 3. The second-order valence-electron chi connectivity index (χ2n) is 5.52. The zero-order valence-electron chi connectivity index (χ0n) is 12.8. The average molecular weight is 341 g/mol. The van der Waals surface area contributed by atoms with E-state index in [9.17, 15) is 13.2 Å². The zero-order chi connectivity index (χ0) is 16.4. The Kier molecular flexibility index (Phi) is 4.57. The summed E-state index contributed by atoms with van der Waals surface area (Å²) in [6.45, 7) is 0.756. The predicted molar refractivity (Wildman–Crippen MR) is 87.2 cm³/mol. The first-order valence-electron chi connectivity index (χ1n) is 7.52. The molecule has 0 aliphatic carbocycles. The molecule has 3 nitrogen and oxygen atoms in total. The number of fused-ring (bicyclic) bond motifs is 1. The minimum absolute atomic E-state index is 0.0815. The zero-order valence-corrected chi connectivity index (χ0v) is 13.6. The molecule has 1 aromatic carbocycles. The van der Waals surface area contributed by atoms with E-state index in [2.05, 4.69) is 10.4 Å². The molecule has 0 unspecified atom stereocenters. The summed E-state index contributed by atoms with van der Waals surface area (Å²) < 4.78 is 41.4. The molecule has 0 radical (unpaired) electrons. The van der Waals surface area contributed by atoms with Crippen molar-refractivity contribution in [2.75, 3.05) is 18.1 Å². The number of nitrogens with one attached hydrogen (secondary N) is 1. The van der Waals surface area contributed by atoms with Gasteiger partial charge in [-0.05, 0) is 37.7 Å². The fourth-order valence-electron chi connectivity index (χ4n) is 2.90. The summed E-state index contributed by atoms with van der Waals surface area (Å²) in [7, 11) is 0. The van der Waals surface area contributed by atoms with Gasteiger partial charge < -0.3 is 5.32 Å². The maximum Gasteiger partial charge on any atom is 0.418 e. The van der Waals surface area contributed by atoms with E-state index < -0.39 is 11.7 Å². The van der Waals surface area contributed by atoms with E-state index in [4.69, 9.17) is 0 Å². The van der Waals surface area contributed by atoms with Crippen LogP contribution in [0.15, 0.2) is 24.3 Å². The van der Waals surface area contributed by atoms with Gasteiger partial charge in [0.2, 0.25) is 0 Å². The highest BCUT2D eigenvalue weighted by atomic mass is 32.2. The largest absolute Gasteiger partial charge is 0.418 e. The third kappa shape index (κ3) is 3.20. The van der Waals surface area contributed by atoms with Crippen LogP contribution >= 0.6 is 11.8 Å². The molecule has 0 amide bonds. The molecule has 0 saturated heterocycles. The molecular weight excluding hydrogens is 323 g/mol. The van der Waals surface area contributed by atoms with Gasteiger partial charge in [-0.1, -0.05) is 12.1 Å². The Balaban J connectivity index is 2.18. The Hall–Kier alpha value is -1.63. The lowest BCUT2D eigenvalue weighted by atomic mass is 10.1. The van der Waals surface area contributed by atoms with Crippen molar-refractivity contribution in [1.82, 2.24) is 9.78 Å². The van der Waals surface area contributed by atoms with Gasteiger partial charge in [0.25, 0.3) is 0 Å². The molecule has 0 bridgehead atoms. The lowest BCUT2D eigenvalue weighted by Gasteiger charge is -2.15. The second-order valence-corrected chi connectivity index (χ2v) is 6.38. The molecule has 1 N–H and O–H groups in total. The maximum absolute atomic E-state index is 13.3. The summed E-state index contributed by atoms with van der Waals surface area (Å²) >= 11 is 1.63. The van der Waals surface area contributed by atoms with Crippen molar-refractivity contribution in [3.63, 3.8) is 0 Å². The Morgan fingerprint density at radius 3 is 2.78 bits per heavy atom. The van der Waals surface area contributed by atoms with Gasteiger partial charge in [0, 0.05) is 17.9 Å². The van der Waals surface area contributed by atoms with Crippen LogP contribution in [0.1, 0.15) is 29.7 Å². The summed E-state index contributed by atoms with van der Waals surface area (Å²) in [4.78, 5) is 0. The summed E-state index contributed by atoms with van der Waals surface area (Å²) in [5.41, 5.74) is 1.35. The first-order valence-corrected chi connectivity index (χ1v) is 8.92. The first-order chi connectivity index (χ1) is 11.0. The number of hydrogen-bond acceptors (Lipinski definition) is 3. The fourth-order valence-corrected chi connectivity index (χ4v) is 3.40. The van der Waals surface area contributed by atoms with Crippen LogP contribution in [0.25, 0.3) is 5.69 Å². The summed E-state index contributed by atoms with van der Waals surface area (Å²) in [5, 5.41) is 7.77. The van der Waals surface area contributed by atoms with Crippen molar-refractivity contribution in [3.8, 4) is 5.69 Å². The van der Waals surface area contributed by atoms with Crippen LogP contribution in [0.5, 0.6) is 0 Å². The van der Waals surface area contributed by atoms with Crippen LogP contribution in [0, 0.1) is 0 Å². The van der Waals surface area contributed by atoms with Crippen molar-refractivity contribution < 1.29 is 13.2 Å². The Morgan fingerprint density at radius 1 is 1.26 bits per heavy atom. The molecule has 7 heteroatoms. The highest BCUT2D eigenvalue weighted by Gasteiger charge is 2.35. The second kappa shape index (κ2) is 6.47. The van der Waals surface area contributed by atoms with E-state index >= 15 is 0 Å². The highest BCUT2D eigenvalue weighted by Crippen LogP contribution is 2.36. The lowest BCUT2D eigenvalue weighted by molar-refractivity contribution is -0.137. The Bertz CT molecular complexity index is 694. The van der Waals surface area contributed by atoms with Crippen LogP contribution in [-0.2, 0) is 18.3 Å². The van der Waals surface area contributed by atoms with Gasteiger partial charge in [-0.15, -0.1) is 0 Å². The third-order valence-corrected chi connectivity index (χ3v) is 4.49. The minimum atomic E-state index is -4.40. The number of nitrogens with zero attached hydrogens (tertiary/aromatic N) is 2. The monoisotopic (exact) mass is 341 g/mol. The molecular formula is C16H18F3N3S. The van der Waals surface area contributed by atoms with Gasteiger partial charge >= 0.3 is 6.18 Å². The maximum atomic E-state index is 13.3. The van der Waals surface area contributed by atoms with Gasteiger partial charge in [-0.3, -0.25) is 0 Å². The molecule has 23 heavy (non-hydrogen) atoms. The molecule has 0 atom stereocenters. The topological polar surface area (TPSA) is 29.9 Å². The van der Waals surface area contributed by atoms with Crippen LogP contribution in [0.2, 0.25) is 0 Å². The van der Waals surface area contributed by atoms with Crippen molar-refractivity contribution in [2.24, 2.45) is 0 Å². The Morgan fingerprint density at radius 2 is 2.04 bits per heavy atom. The number of para-hydroxylation sites is 1. The van der Waals surface area contributed by atoms with Gasteiger partial charge in [-0.2, -0.15) is 30.0 Å². The lowest BCUT2D eigenvalue weighted by Crippen LogP contribution is -2.14. The summed E-state index contributed by atoms with van der Waals surface area (Å²) in [5.74, 6) is 1.41. The van der Waals surface area contributed by atoms with Gasteiger partial charge in [0.15, 0.2) is 0 Å². The van der Waals surface area contributed by atoms with Gasteiger partial charge in [-0.25, -0.2) is 4.68 Å². The van der Waals surface area contributed by atoms with E-state index in [1.54, 1.807) is 17.8 Å². The van der Waals surface area contributed by atoms with Crippen LogP contribution in [0.3, 0.4) is 0 Å². The molecule has 0 fully saturated rings. The van der Waals surface area contributed by atoms with Crippen molar-refractivity contribution in [2.45, 2.75) is 31.2 Å².